The predicted molar refractivity (Wildman–Crippen MR) is 364 cm³/mol. The zero-order valence-electron chi connectivity index (χ0n) is 53.7. The molecular formula is C65H59F10N9O12S6. The molecule has 0 spiro atoms. The molecule has 0 saturated carbocycles. The Morgan fingerprint density at radius 3 is 1.04 bits per heavy atom. The highest BCUT2D eigenvalue weighted by Crippen LogP contribution is 2.41. The lowest BCUT2D eigenvalue weighted by molar-refractivity contribution is -0.140. The van der Waals surface area contributed by atoms with Gasteiger partial charge in [0.2, 0.25) is 5.95 Å². The number of anilines is 3. The van der Waals surface area contributed by atoms with Crippen LogP contribution in [0, 0.1) is 26.7 Å². The van der Waals surface area contributed by atoms with Gasteiger partial charge in [0.1, 0.15) is 17.5 Å². The number of rotatable bonds is 22. The Morgan fingerprint density at radius 2 is 0.745 bits per heavy atom. The topological polar surface area (TPSA) is 306 Å². The molecule has 0 aliphatic rings. The van der Waals surface area contributed by atoms with E-state index in [1.54, 1.807) is 81.4 Å². The molecule has 0 aliphatic heterocycles. The van der Waals surface area contributed by atoms with Crippen LogP contribution >= 0.6 is 36.2 Å². The van der Waals surface area contributed by atoms with Crippen LogP contribution in [-0.4, -0.2) is 110 Å². The summed E-state index contributed by atoms with van der Waals surface area (Å²) in [6.45, 7) is 4.89. The maximum atomic E-state index is 13.6. The summed E-state index contributed by atoms with van der Waals surface area (Å²) in [5, 5.41) is 8.03. The van der Waals surface area contributed by atoms with Crippen molar-refractivity contribution in [2.24, 2.45) is 0 Å². The Hall–Kier alpha value is -9.43. The molecule has 9 rings (SSSR count). The number of carboxylic acids is 1. The van der Waals surface area contributed by atoms with Crippen LogP contribution in [0.1, 0.15) is 52.6 Å². The minimum Gasteiger partial charge on any atom is -0.481 e. The molecule has 0 fully saturated rings. The quantitative estimate of drug-likeness (QED) is 0.0138. The molecule has 9 aromatic rings. The highest BCUT2D eigenvalue weighted by atomic mass is 32.2. The van der Waals surface area contributed by atoms with Crippen molar-refractivity contribution in [2.75, 3.05) is 45.6 Å². The number of carbonyl (C=O) groups excluding carboxylic acids is 2. The van der Waals surface area contributed by atoms with Crippen LogP contribution in [-0.2, 0) is 72.5 Å². The number of methoxy groups -OCH3 is 2. The lowest BCUT2D eigenvalue weighted by Crippen LogP contribution is -2.17. The second-order valence-electron chi connectivity index (χ2n) is 20.7. The average molecular weight is 1540 g/mol. The van der Waals surface area contributed by atoms with Crippen LogP contribution in [0.4, 0.5) is 61.4 Å². The Bertz CT molecular complexity index is 4810. The van der Waals surface area contributed by atoms with Gasteiger partial charge in [-0.2, -0.15) is 81.8 Å². The van der Waals surface area contributed by atoms with Gasteiger partial charge in [-0.25, -0.2) is 29.9 Å². The largest absolute Gasteiger partial charge is 0.481 e. The van der Waals surface area contributed by atoms with Gasteiger partial charge in [0.25, 0.3) is 30.1 Å². The number of carboxylic acid groups (broad SMARTS) is 1. The van der Waals surface area contributed by atoms with Crippen LogP contribution in [0.2, 0.25) is 0 Å². The van der Waals surface area contributed by atoms with E-state index in [-0.39, 0.29) is 74.5 Å². The summed E-state index contributed by atoms with van der Waals surface area (Å²) in [7, 11) is -10.2. The number of aliphatic carboxylic acids is 1. The van der Waals surface area contributed by atoms with Gasteiger partial charge in [-0.1, -0.05) is 91.0 Å². The first kappa shape index (κ1) is 81.5. The van der Waals surface area contributed by atoms with Crippen molar-refractivity contribution in [3.63, 3.8) is 0 Å². The van der Waals surface area contributed by atoms with E-state index in [1.165, 1.54) is 62.8 Å². The van der Waals surface area contributed by atoms with Crippen LogP contribution < -0.4 is 14.2 Å². The number of alkyl halides is 9. The van der Waals surface area contributed by atoms with E-state index in [9.17, 15) is 83.5 Å². The molecule has 4 N–H and O–H groups in total. The Balaban J connectivity index is 0.000000230. The first-order chi connectivity index (χ1) is 47.9. The summed E-state index contributed by atoms with van der Waals surface area (Å²) in [5.41, 5.74) is -1.88. The summed E-state index contributed by atoms with van der Waals surface area (Å²) in [6.07, 6.45) is -13.7. The first-order valence-corrected chi connectivity index (χ1v) is 36.2. The van der Waals surface area contributed by atoms with Crippen LogP contribution in [0.15, 0.2) is 189 Å². The van der Waals surface area contributed by atoms with Crippen LogP contribution in [0.3, 0.4) is 0 Å². The van der Waals surface area contributed by atoms with Gasteiger partial charge in [-0.3, -0.25) is 28.5 Å². The number of thiol groups is 1. The van der Waals surface area contributed by atoms with Crippen LogP contribution in [0.25, 0.3) is 33.8 Å². The normalized spacial score (nSPS) is 11.6. The first-order valence-electron chi connectivity index (χ1n) is 29.2. The number of nitrogens with one attached hydrogen (secondary N) is 3. The maximum absolute atomic E-state index is 13.6. The lowest BCUT2D eigenvalue weighted by Gasteiger charge is -2.16. The molecule has 0 bridgehead atoms. The number of carbonyl (C=O) groups is 3. The standard InChI is InChI=1S/C22H20F3N3O4S2.C21H18F3N3O4S2.C18H13F4N3O2S.C4H8O2S/c1-14-6-3-4-7-15(14)21-16(22(23,24)25)10-11-17(26-21)28-34(30,31)19-9-5-8-18(27-19)33-13-12-20(29)32-2;1-13-5-2-3-6-14(13)20-15(21(22,23)24)9-10-16(25-20)27-33(30,31)18-8-4-7-17(26-18)32-12-11-19(28)29;1-11-5-2-3-6-12(11)17-13(18(20,21)22)9-10-15(24-17)25-28(26,27)16-8-4-7-14(19)23-16;1-6-4(5)2-3-7/h3-11H,12-13H2,1-2H3,(H,26,28);2-10H,11-12H2,1H3,(H,25,27)(H,28,29);2-10H,1H3,(H,24,25);7H,2-3H2,1H3. The summed E-state index contributed by atoms with van der Waals surface area (Å²) in [5.74, 6) is -2.45. The molecule has 0 amide bonds. The number of sulfonamides is 3. The van der Waals surface area contributed by atoms with Gasteiger partial charge in [-0.05, 0) is 110 Å². The minimum absolute atomic E-state index is 0.120. The Morgan fingerprint density at radius 1 is 0.431 bits per heavy atom. The number of nitrogens with zero attached hydrogens (tertiary/aromatic N) is 6. The molecule has 37 heteroatoms. The van der Waals surface area contributed by atoms with Gasteiger partial charge in [0.05, 0.1) is 77.3 Å². The molecule has 6 heterocycles. The summed E-state index contributed by atoms with van der Waals surface area (Å²) in [6, 6.07) is 35.8. The Labute approximate surface area is 592 Å². The van der Waals surface area contributed by atoms with Gasteiger partial charge < -0.3 is 14.6 Å². The SMILES string of the molecule is COC(=O)CCS.COC(=O)CCSc1cccc(S(=O)(=O)Nc2ccc(C(F)(F)F)c(-c3ccccc3C)n2)n1.Cc1ccccc1-c1nc(NS(=O)(=O)c2cccc(F)n2)ccc1C(F)(F)F.Cc1ccccc1-c1nc(NS(=O)(=O)c2cccc(SCCC(=O)O)n2)ccc1C(F)(F)F. The minimum atomic E-state index is -4.69. The molecule has 21 nitrogen and oxygen atoms in total. The molecule has 6 aromatic heterocycles. The second kappa shape index (κ2) is 35.9. The molecule has 0 unspecified atom stereocenters. The smallest absolute Gasteiger partial charge is 0.418 e. The molecule has 542 valence electrons. The average Bonchev–Trinajstić information content (AvgIpc) is 0.794. The fourth-order valence-electron chi connectivity index (χ4n) is 8.50. The highest BCUT2D eigenvalue weighted by Gasteiger charge is 2.38. The number of thioether (sulfide) groups is 2. The number of halogens is 10. The molecule has 102 heavy (non-hydrogen) atoms. The zero-order valence-corrected chi connectivity index (χ0v) is 58.7. The Kier molecular flexibility index (Phi) is 28.7. The maximum Gasteiger partial charge on any atom is 0.418 e. The summed E-state index contributed by atoms with van der Waals surface area (Å²) < 4.78 is 226. The van der Waals surface area contributed by atoms with E-state index >= 15 is 0 Å². The highest BCUT2D eigenvalue weighted by molar-refractivity contribution is 7.99. The van der Waals surface area contributed by atoms with E-state index in [0.29, 0.717) is 44.7 Å². The van der Waals surface area contributed by atoms with E-state index in [2.05, 4.69) is 61.5 Å². The van der Waals surface area contributed by atoms with E-state index in [0.717, 1.165) is 78.1 Å². The van der Waals surface area contributed by atoms with Gasteiger partial charge in [0.15, 0.2) is 15.1 Å². The van der Waals surface area contributed by atoms with Crippen molar-refractivity contribution in [1.29, 1.82) is 0 Å². The van der Waals surface area contributed by atoms with Crippen molar-refractivity contribution in [1.82, 2.24) is 29.9 Å². The number of hydrogen-bond donors (Lipinski definition) is 5. The van der Waals surface area contributed by atoms with Crippen molar-refractivity contribution >= 4 is 102 Å². The van der Waals surface area contributed by atoms with Gasteiger partial charge in [0, 0.05) is 33.9 Å². The third-order valence-electron chi connectivity index (χ3n) is 13.3. The molecule has 0 aliphatic carbocycles. The van der Waals surface area contributed by atoms with Gasteiger partial charge >= 0.3 is 36.4 Å². The number of hydrogen-bond acceptors (Lipinski definition) is 20. The number of aromatic nitrogens is 6. The molecule has 3 aromatic carbocycles. The lowest BCUT2D eigenvalue weighted by atomic mass is 10.0. The van der Waals surface area contributed by atoms with Crippen LogP contribution in [0.5, 0.6) is 0 Å². The van der Waals surface area contributed by atoms with Crippen molar-refractivity contribution in [2.45, 2.75) is 83.7 Å². The molecule has 0 saturated heterocycles. The molecular weight excluding hydrogens is 1480 g/mol. The second-order valence-corrected chi connectivity index (χ2v) is 28.2. The van der Waals surface area contributed by atoms with E-state index in [4.69, 9.17) is 5.11 Å². The third kappa shape index (κ3) is 23.8. The van der Waals surface area contributed by atoms with Crippen molar-refractivity contribution < 1.29 is 98.1 Å². The molecule has 0 radical (unpaired) electrons. The van der Waals surface area contributed by atoms with E-state index in [1.807, 2.05) is 4.72 Å². The number of esters is 2. The third-order valence-corrected chi connectivity index (χ3v) is 19.2. The zero-order chi connectivity index (χ0) is 75.4. The number of pyridine rings is 6. The van der Waals surface area contributed by atoms with Gasteiger partial charge in [-0.15, -0.1) is 23.5 Å². The van der Waals surface area contributed by atoms with E-state index < -0.39 is 99.6 Å². The number of aryl methyl sites for hydroxylation is 3. The van der Waals surface area contributed by atoms with Crippen molar-refractivity contribution in [3.05, 3.63) is 203 Å². The fourth-order valence-corrected chi connectivity index (χ4v) is 13.3. The number of ether oxygens (including phenoxy) is 2. The predicted octanol–water partition coefficient (Wildman–Crippen LogP) is 14.7. The summed E-state index contributed by atoms with van der Waals surface area (Å²) >= 11 is 6.04. The number of benzene rings is 3. The van der Waals surface area contributed by atoms with Crippen molar-refractivity contribution in [3.8, 4) is 33.8 Å². The monoisotopic (exact) mass is 1540 g/mol. The molecule has 0 atom stereocenters. The summed E-state index contributed by atoms with van der Waals surface area (Å²) in [4.78, 5) is 55.2. The fraction of sp³-hybridized carbons (Fsp3) is 0.215.